The highest BCUT2D eigenvalue weighted by atomic mass is 32.2. The summed E-state index contributed by atoms with van der Waals surface area (Å²) in [6.45, 7) is 0. The first-order chi connectivity index (χ1) is 11.2. The molecule has 2 fully saturated rings. The molecule has 1 heterocycles. The van der Waals surface area contributed by atoms with Gasteiger partial charge in [-0.3, -0.25) is 9.98 Å². The van der Waals surface area contributed by atoms with Crippen LogP contribution in [0.2, 0.25) is 0 Å². The second-order valence-corrected chi connectivity index (χ2v) is 9.20. The van der Waals surface area contributed by atoms with Crippen molar-refractivity contribution in [3.05, 3.63) is 11.1 Å². The molecule has 2 saturated carbocycles. The lowest BCUT2D eigenvalue weighted by atomic mass is 9.96. The van der Waals surface area contributed by atoms with Crippen LogP contribution in [0, 0.1) is 0 Å². The van der Waals surface area contributed by atoms with Crippen LogP contribution in [0.5, 0.6) is 0 Å². The maximum Gasteiger partial charge on any atom is 0.0674 e. The normalized spacial score (nSPS) is 21.7. The van der Waals surface area contributed by atoms with Crippen LogP contribution in [-0.4, -0.2) is 24.5 Å². The average Bonchev–Trinajstić information content (AvgIpc) is 2.86. The number of rotatable bonds is 4. The summed E-state index contributed by atoms with van der Waals surface area (Å²) in [6.07, 6.45) is 16.9. The number of hydrogen-bond donors (Lipinski definition) is 2. The summed E-state index contributed by atoms with van der Waals surface area (Å²) < 4.78 is 2.00. The Morgan fingerprint density at radius 3 is 1.48 bits per heavy atom. The molecular formula is C18H26N2S3. The van der Waals surface area contributed by atoms with Crippen LogP contribution in [0.1, 0.15) is 75.3 Å². The standard InChI is InChI=1S/C18H26N2S3/c21-17-15(11-19-13-7-3-1-4-8-13)16(18(22)23-17)12-20-14-9-5-2-6-10-14/h11-14,21-22H,1-10H2. The van der Waals surface area contributed by atoms with Crippen LogP contribution in [0.15, 0.2) is 18.4 Å². The largest absolute Gasteiger partial charge is 0.289 e. The van der Waals surface area contributed by atoms with Crippen LogP contribution in [0.3, 0.4) is 0 Å². The number of aliphatic imine (C=N–C) groups is 2. The zero-order valence-electron chi connectivity index (χ0n) is 13.6. The first-order valence-electron chi connectivity index (χ1n) is 8.85. The van der Waals surface area contributed by atoms with Gasteiger partial charge in [-0.05, 0) is 25.7 Å². The highest BCUT2D eigenvalue weighted by Crippen LogP contribution is 2.33. The van der Waals surface area contributed by atoms with Crippen molar-refractivity contribution < 1.29 is 0 Å². The highest BCUT2D eigenvalue weighted by molar-refractivity contribution is 7.86. The zero-order chi connectivity index (χ0) is 16.1. The molecule has 0 aromatic carbocycles. The molecule has 0 radical (unpaired) electrons. The van der Waals surface area contributed by atoms with Crippen LogP contribution >= 0.6 is 36.6 Å². The predicted molar refractivity (Wildman–Crippen MR) is 108 cm³/mol. The lowest BCUT2D eigenvalue weighted by Crippen LogP contribution is -2.10. The van der Waals surface area contributed by atoms with E-state index in [1.54, 1.807) is 11.3 Å². The molecule has 0 amide bonds. The molecular weight excluding hydrogens is 340 g/mol. The van der Waals surface area contributed by atoms with Crippen LogP contribution in [-0.2, 0) is 0 Å². The number of thiophene rings is 1. The summed E-state index contributed by atoms with van der Waals surface area (Å²) in [4.78, 5) is 9.64. The van der Waals surface area contributed by atoms with Gasteiger partial charge in [0.2, 0.25) is 0 Å². The third kappa shape index (κ3) is 4.86. The molecule has 2 aliphatic rings. The molecule has 3 rings (SSSR count). The van der Waals surface area contributed by atoms with Crippen molar-refractivity contribution in [1.82, 2.24) is 0 Å². The van der Waals surface area contributed by atoms with E-state index in [2.05, 4.69) is 25.3 Å². The Labute approximate surface area is 154 Å². The maximum atomic E-state index is 4.82. The Morgan fingerprint density at radius 2 is 1.09 bits per heavy atom. The summed E-state index contributed by atoms with van der Waals surface area (Å²) in [5.74, 6) is 0. The van der Waals surface area contributed by atoms with E-state index < -0.39 is 0 Å². The Bertz CT molecular complexity index is 517. The minimum Gasteiger partial charge on any atom is -0.289 e. The van der Waals surface area contributed by atoms with E-state index in [1.165, 1.54) is 64.2 Å². The molecule has 5 heteroatoms. The smallest absolute Gasteiger partial charge is 0.0674 e. The van der Waals surface area contributed by atoms with Crippen molar-refractivity contribution >= 4 is 49.0 Å². The minimum atomic E-state index is 0.489. The van der Waals surface area contributed by atoms with Gasteiger partial charge in [-0.1, -0.05) is 38.5 Å². The van der Waals surface area contributed by atoms with E-state index in [-0.39, 0.29) is 0 Å². The number of hydrogen-bond acceptors (Lipinski definition) is 5. The molecule has 126 valence electrons. The predicted octanol–water partition coefficient (Wildman–Crippen LogP) is 5.83. The summed E-state index contributed by atoms with van der Waals surface area (Å²) in [7, 11) is 0. The molecule has 0 atom stereocenters. The summed E-state index contributed by atoms with van der Waals surface area (Å²) in [5, 5.41) is 0. The lowest BCUT2D eigenvalue weighted by Gasteiger charge is -2.17. The molecule has 0 aliphatic heterocycles. The summed E-state index contributed by atoms with van der Waals surface area (Å²) in [5.41, 5.74) is 2.21. The first-order valence-corrected chi connectivity index (χ1v) is 10.6. The zero-order valence-corrected chi connectivity index (χ0v) is 16.2. The van der Waals surface area contributed by atoms with Crippen LogP contribution in [0.4, 0.5) is 0 Å². The average molecular weight is 367 g/mol. The van der Waals surface area contributed by atoms with Gasteiger partial charge in [0.1, 0.15) is 0 Å². The minimum absolute atomic E-state index is 0.489. The molecule has 0 unspecified atom stereocenters. The van der Waals surface area contributed by atoms with E-state index in [0.717, 1.165) is 19.5 Å². The SMILES string of the molecule is Sc1sc(S)c(C=NC2CCCCC2)c1C=NC1CCCCC1. The van der Waals surface area contributed by atoms with Crippen molar-refractivity contribution in [2.75, 3.05) is 0 Å². The Kier molecular flexibility index (Phi) is 6.66. The number of thiol groups is 2. The van der Waals surface area contributed by atoms with Crippen LogP contribution in [0.25, 0.3) is 0 Å². The second-order valence-electron chi connectivity index (χ2n) is 6.68. The Balaban J connectivity index is 1.74. The fraction of sp³-hybridized carbons (Fsp3) is 0.667. The van der Waals surface area contributed by atoms with Gasteiger partial charge in [-0.25, -0.2) is 0 Å². The van der Waals surface area contributed by atoms with Crippen molar-refractivity contribution in [3.63, 3.8) is 0 Å². The van der Waals surface area contributed by atoms with Gasteiger partial charge >= 0.3 is 0 Å². The third-order valence-electron chi connectivity index (χ3n) is 4.92. The van der Waals surface area contributed by atoms with E-state index in [9.17, 15) is 0 Å². The second kappa shape index (κ2) is 8.72. The molecule has 1 aromatic heterocycles. The summed E-state index contributed by atoms with van der Waals surface area (Å²) >= 11 is 10.9. The topological polar surface area (TPSA) is 24.7 Å². The van der Waals surface area contributed by atoms with Crippen molar-refractivity contribution in [2.24, 2.45) is 9.98 Å². The molecule has 1 aromatic rings. The quantitative estimate of drug-likeness (QED) is 0.495. The fourth-order valence-corrected chi connectivity index (χ4v) is 5.35. The molecule has 0 spiro atoms. The van der Waals surface area contributed by atoms with Gasteiger partial charge in [-0.2, -0.15) is 0 Å². The lowest BCUT2D eigenvalue weighted by molar-refractivity contribution is 0.444. The van der Waals surface area contributed by atoms with E-state index in [1.807, 2.05) is 12.4 Å². The van der Waals surface area contributed by atoms with Crippen molar-refractivity contribution in [3.8, 4) is 0 Å². The maximum absolute atomic E-state index is 4.82. The summed E-state index contributed by atoms with van der Waals surface area (Å²) in [6, 6.07) is 0.978. The number of nitrogens with zero attached hydrogens (tertiary/aromatic N) is 2. The molecule has 2 nitrogen and oxygen atoms in total. The molecule has 0 bridgehead atoms. The van der Waals surface area contributed by atoms with Gasteiger partial charge in [-0.15, -0.1) is 36.6 Å². The van der Waals surface area contributed by atoms with Gasteiger partial charge in [0.05, 0.1) is 8.42 Å². The third-order valence-corrected chi connectivity index (χ3v) is 6.78. The van der Waals surface area contributed by atoms with E-state index in [0.29, 0.717) is 12.1 Å². The van der Waals surface area contributed by atoms with Gasteiger partial charge in [0.25, 0.3) is 0 Å². The highest BCUT2D eigenvalue weighted by Gasteiger charge is 2.16. The molecule has 23 heavy (non-hydrogen) atoms. The van der Waals surface area contributed by atoms with Gasteiger partial charge in [0, 0.05) is 35.6 Å². The molecule has 0 saturated heterocycles. The van der Waals surface area contributed by atoms with E-state index >= 15 is 0 Å². The molecule has 2 aliphatic carbocycles. The molecule has 0 N–H and O–H groups in total. The van der Waals surface area contributed by atoms with Gasteiger partial charge in [0.15, 0.2) is 0 Å². The van der Waals surface area contributed by atoms with Crippen molar-refractivity contribution in [1.29, 1.82) is 0 Å². The Morgan fingerprint density at radius 1 is 0.696 bits per heavy atom. The van der Waals surface area contributed by atoms with Crippen molar-refractivity contribution in [2.45, 2.75) is 84.7 Å². The first kappa shape index (κ1) is 17.6. The van der Waals surface area contributed by atoms with Crippen LogP contribution < -0.4 is 0 Å². The van der Waals surface area contributed by atoms with Gasteiger partial charge < -0.3 is 0 Å². The van der Waals surface area contributed by atoms with E-state index in [4.69, 9.17) is 9.98 Å². The fourth-order valence-electron chi connectivity index (χ4n) is 3.50. The monoisotopic (exact) mass is 366 g/mol. The Hall–Kier alpha value is -0.260.